The maximum atomic E-state index is 8.96. The van der Waals surface area contributed by atoms with Gasteiger partial charge in [0.2, 0.25) is 5.88 Å². The Morgan fingerprint density at radius 1 is 1.50 bits per heavy atom. The van der Waals surface area contributed by atoms with Crippen LogP contribution in [0.2, 0.25) is 0 Å². The summed E-state index contributed by atoms with van der Waals surface area (Å²) in [6.07, 6.45) is 1.56. The average Bonchev–Trinajstić information content (AvgIpc) is 2.26. The topological polar surface area (TPSA) is 77.6 Å². The van der Waals surface area contributed by atoms with Crippen LogP contribution in [0.5, 0.6) is 11.6 Å². The van der Waals surface area contributed by atoms with Crippen LogP contribution in [-0.2, 0) is 0 Å². The molecule has 0 amide bonds. The van der Waals surface area contributed by atoms with Gasteiger partial charge in [-0.1, -0.05) is 0 Å². The number of nitrogens with two attached hydrogens (primary N) is 1. The van der Waals surface area contributed by atoms with Crippen molar-refractivity contribution in [3.8, 4) is 11.6 Å². The number of aliphatic hydroxyl groups excluding tert-OH is 1. The first kappa shape index (κ1) is 10.7. The molecule has 1 atom stereocenters. The van der Waals surface area contributed by atoms with Crippen molar-refractivity contribution >= 4 is 0 Å². The van der Waals surface area contributed by atoms with E-state index in [0.717, 1.165) is 0 Å². The van der Waals surface area contributed by atoms with Crippen LogP contribution in [0.25, 0.3) is 0 Å². The van der Waals surface area contributed by atoms with E-state index in [2.05, 4.69) is 4.98 Å². The molecule has 0 aliphatic carbocycles. The van der Waals surface area contributed by atoms with Crippen LogP contribution in [0.3, 0.4) is 0 Å². The third-order valence-electron chi connectivity index (χ3n) is 1.89. The first-order valence-corrected chi connectivity index (χ1v) is 4.18. The molecule has 14 heavy (non-hydrogen) atoms. The number of aromatic nitrogens is 1. The molecule has 1 aromatic heterocycles. The predicted octanol–water partition coefficient (Wildman–Crippen LogP) is 0.0909. The highest BCUT2D eigenvalue weighted by molar-refractivity contribution is 5.42. The normalized spacial score (nSPS) is 12.3. The van der Waals surface area contributed by atoms with E-state index in [0.29, 0.717) is 17.2 Å². The molecule has 0 saturated heterocycles. The van der Waals surface area contributed by atoms with Gasteiger partial charge in [0, 0.05) is 6.20 Å². The summed E-state index contributed by atoms with van der Waals surface area (Å²) in [5.41, 5.74) is 6.28. The Bertz CT molecular complexity index is 282. The van der Waals surface area contributed by atoms with Crippen molar-refractivity contribution in [2.45, 2.75) is 6.04 Å². The average molecular weight is 198 g/mol. The zero-order valence-electron chi connectivity index (χ0n) is 8.23. The van der Waals surface area contributed by atoms with Gasteiger partial charge in [0.25, 0.3) is 0 Å². The van der Waals surface area contributed by atoms with Gasteiger partial charge in [0.05, 0.1) is 32.4 Å². The van der Waals surface area contributed by atoms with Gasteiger partial charge in [-0.25, -0.2) is 4.98 Å². The third kappa shape index (κ3) is 1.94. The van der Waals surface area contributed by atoms with Crippen molar-refractivity contribution < 1.29 is 14.6 Å². The van der Waals surface area contributed by atoms with Gasteiger partial charge in [0.1, 0.15) is 5.75 Å². The lowest BCUT2D eigenvalue weighted by Gasteiger charge is -2.15. The number of ether oxygens (including phenoxy) is 2. The van der Waals surface area contributed by atoms with Crippen LogP contribution in [-0.4, -0.2) is 30.9 Å². The van der Waals surface area contributed by atoms with E-state index in [1.807, 2.05) is 0 Å². The molecule has 0 spiro atoms. The zero-order chi connectivity index (χ0) is 10.6. The number of nitrogens with zero attached hydrogens (tertiary/aromatic N) is 1. The van der Waals surface area contributed by atoms with Gasteiger partial charge in [0.15, 0.2) is 0 Å². The van der Waals surface area contributed by atoms with Gasteiger partial charge >= 0.3 is 0 Å². The number of pyridine rings is 1. The summed E-state index contributed by atoms with van der Waals surface area (Å²) in [6, 6.07) is 1.13. The third-order valence-corrected chi connectivity index (χ3v) is 1.89. The van der Waals surface area contributed by atoms with E-state index < -0.39 is 6.04 Å². The van der Waals surface area contributed by atoms with E-state index in [9.17, 15) is 0 Å². The first-order chi connectivity index (χ1) is 6.74. The molecule has 1 rings (SSSR count). The quantitative estimate of drug-likeness (QED) is 0.717. The van der Waals surface area contributed by atoms with Crippen molar-refractivity contribution in [2.75, 3.05) is 20.8 Å². The summed E-state index contributed by atoms with van der Waals surface area (Å²) in [5.74, 6) is 0.948. The van der Waals surface area contributed by atoms with E-state index >= 15 is 0 Å². The summed E-state index contributed by atoms with van der Waals surface area (Å²) >= 11 is 0. The Balaban J connectivity index is 3.18. The van der Waals surface area contributed by atoms with E-state index in [4.69, 9.17) is 20.3 Å². The molecular weight excluding hydrogens is 184 g/mol. The van der Waals surface area contributed by atoms with Crippen molar-refractivity contribution in [1.29, 1.82) is 0 Å². The molecule has 0 aliphatic rings. The Kier molecular flexibility index (Phi) is 3.67. The highest BCUT2D eigenvalue weighted by Gasteiger charge is 2.17. The van der Waals surface area contributed by atoms with Crippen molar-refractivity contribution in [1.82, 2.24) is 4.98 Å². The van der Waals surface area contributed by atoms with Crippen LogP contribution < -0.4 is 15.2 Å². The van der Waals surface area contributed by atoms with Gasteiger partial charge < -0.3 is 20.3 Å². The molecule has 1 heterocycles. The SMILES string of the molecule is COc1ccnc(OC)c1[C@H](N)CO. The minimum atomic E-state index is -0.548. The van der Waals surface area contributed by atoms with E-state index in [1.54, 1.807) is 12.3 Å². The first-order valence-electron chi connectivity index (χ1n) is 4.18. The van der Waals surface area contributed by atoms with Crippen LogP contribution in [0, 0.1) is 0 Å². The highest BCUT2D eigenvalue weighted by atomic mass is 16.5. The minimum absolute atomic E-state index is 0.182. The van der Waals surface area contributed by atoms with E-state index in [-0.39, 0.29) is 6.61 Å². The Hall–Kier alpha value is -1.33. The molecule has 0 unspecified atom stereocenters. The van der Waals surface area contributed by atoms with Crippen LogP contribution >= 0.6 is 0 Å². The molecule has 5 nitrogen and oxygen atoms in total. The number of methoxy groups -OCH3 is 2. The van der Waals surface area contributed by atoms with Crippen LogP contribution in [0.15, 0.2) is 12.3 Å². The van der Waals surface area contributed by atoms with Crippen molar-refractivity contribution in [3.05, 3.63) is 17.8 Å². The Morgan fingerprint density at radius 2 is 2.21 bits per heavy atom. The standard InChI is InChI=1S/C9H14N2O3/c1-13-7-3-4-11-9(14-2)8(7)6(10)5-12/h3-4,6,12H,5,10H2,1-2H3/t6-/m1/s1. The lowest BCUT2D eigenvalue weighted by molar-refractivity contribution is 0.259. The second kappa shape index (κ2) is 4.78. The molecule has 78 valence electrons. The Labute approximate surface area is 82.5 Å². The van der Waals surface area contributed by atoms with Crippen LogP contribution in [0.1, 0.15) is 11.6 Å². The van der Waals surface area contributed by atoms with Gasteiger partial charge in [-0.05, 0) is 6.07 Å². The summed E-state index contributed by atoms with van der Waals surface area (Å²) in [5, 5.41) is 8.96. The maximum Gasteiger partial charge on any atom is 0.221 e. The maximum absolute atomic E-state index is 8.96. The number of rotatable bonds is 4. The smallest absolute Gasteiger partial charge is 0.221 e. The van der Waals surface area contributed by atoms with Crippen molar-refractivity contribution in [3.63, 3.8) is 0 Å². The van der Waals surface area contributed by atoms with Crippen LogP contribution in [0.4, 0.5) is 0 Å². The molecule has 1 aromatic rings. The summed E-state index contributed by atoms with van der Waals surface area (Å²) < 4.78 is 10.1. The molecule has 0 saturated carbocycles. The Morgan fingerprint density at radius 3 is 2.71 bits per heavy atom. The van der Waals surface area contributed by atoms with E-state index in [1.165, 1.54) is 14.2 Å². The lowest BCUT2D eigenvalue weighted by Crippen LogP contribution is -2.17. The fourth-order valence-electron chi connectivity index (χ4n) is 1.21. The lowest BCUT2D eigenvalue weighted by atomic mass is 10.1. The number of hydrogen-bond donors (Lipinski definition) is 2. The summed E-state index contributed by atoms with van der Waals surface area (Å²) in [4.78, 5) is 3.98. The summed E-state index contributed by atoms with van der Waals surface area (Å²) in [7, 11) is 3.03. The number of aliphatic hydroxyl groups is 1. The van der Waals surface area contributed by atoms with Gasteiger partial charge in [-0.2, -0.15) is 0 Å². The highest BCUT2D eigenvalue weighted by Crippen LogP contribution is 2.30. The molecular formula is C9H14N2O3. The van der Waals surface area contributed by atoms with Gasteiger partial charge in [-0.3, -0.25) is 0 Å². The molecule has 0 bridgehead atoms. The fraction of sp³-hybridized carbons (Fsp3) is 0.444. The molecule has 5 heteroatoms. The zero-order valence-corrected chi connectivity index (χ0v) is 8.23. The predicted molar refractivity (Wildman–Crippen MR) is 51.4 cm³/mol. The largest absolute Gasteiger partial charge is 0.496 e. The number of hydrogen-bond acceptors (Lipinski definition) is 5. The monoisotopic (exact) mass is 198 g/mol. The molecule has 0 aromatic carbocycles. The fourth-order valence-corrected chi connectivity index (χ4v) is 1.21. The van der Waals surface area contributed by atoms with Gasteiger partial charge in [-0.15, -0.1) is 0 Å². The van der Waals surface area contributed by atoms with Crippen molar-refractivity contribution in [2.24, 2.45) is 5.73 Å². The molecule has 0 aliphatic heterocycles. The minimum Gasteiger partial charge on any atom is -0.496 e. The molecule has 0 radical (unpaired) electrons. The molecule has 3 N–H and O–H groups in total. The molecule has 0 fully saturated rings. The second-order valence-electron chi connectivity index (χ2n) is 2.73. The summed E-state index contributed by atoms with van der Waals surface area (Å²) in [6.45, 7) is -0.182. The second-order valence-corrected chi connectivity index (χ2v) is 2.73.